The number of amides is 2. The molecular formula is C25H33N5O4S. The average molecular weight is 500 g/mol. The molecule has 2 heterocycles. The van der Waals surface area contributed by atoms with Gasteiger partial charge in [-0.05, 0) is 30.9 Å². The number of carbonyl (C=O) groups excluding carboxylic acids is 4. The maximum absolute atomic E-state index is 13.4. The number of thioether (sulfide) groups is 1. The first-order valence-electron chi connectivity index (χ1n) is 11.9. The molecule has 0 unspecified atom stereocenters. The summed E-state index contributed by atoms with van der Waals surface area (Å²) in [5.74, 6) is -0.871. The standard InChI is InChI=1S/C25H33N5O4S/c1-16(2)35-25(34)21(9-8-18(31)13-26)29-24(33)22(28-15-23(32)30-10-5-11-30)12-17-14-27-20-7-4-3-6-19(17)20/h3-4,6-7,13-14,16,21-22,26-28H,5,8-12,15H2,1-2H3,(H,29,33)/t21-,22-/m0/s1. The number of aromatic amines is 1. The van der Waals surface area contributed by atoms with E-state index >= 15 is 0 Å². The topological polar surface area (TPSA) is 135 Å². The van der Waals surface area contributed by atoms with Crippen LogP contribution in [0.2, 0.25) is 0 Å². The lowest BCUT2D eigenvalue weighted by Gasteiger charge is -2.31. The van der Waals surface area contributed by atoms with Gasteiger partial charge in [0.05, 0.1) is 24.8 Å². The zero-order valence-corrected chi connectivity index (χ0v) is 21.0. The molecule has 1 saturated heterocycles. The predicted molar refractivity (Wildman–Crippen MR) is 138 cm³/mol. The number of aromatic nitrogens is 1. The summed E-state index contributed by atoms with van der Waals surface area (Å²) in [6.07, 6.45) is 3.99. The molecule has 10 heteroatoms. The fraction of sp³-hybridized carbons (Fsp3) is 0.480. The highest BCUT2D eigenvalue weighted by Gasteiger charge is 2.29. The Hall–Kier alpha value is -2.98. The molecule has 0 saturated carbocycles. The highest BCUT2D eigenvalue weighted by Crippen LogP contribution is 2.20. The summed E-state index contributed by atoms with van der Waals surface area (Å²) < 4.78 is 0. The molecule has 1 aromatic carbocycles. The summed E-state index contributed by atoms with van der Waals surface area (Å²) in [4.78, 5) is 55.2. The van der Waals surface area contributed by atoms with E-state index in [9.17, 15) is 19.2 Å². The molecule has 35 heavy (non-hydrogen) atoms. The van der Waals surface area contributed by atoms with Crippen molar-refractivity contribution < 1.29 is 19.2 Å². The Balaban J connectivity index is 1.76. The largest absolute Gasteiger partial charge is 0.361 e. The van der Waals surface area contributed by atoms with E-state index in [1.165, 1.54) is 0 Å². The zero-order chi connectivity index (χ0) is 25.4. The number of benzene rings is 1. The van der Waals surface area contributed by atoms with Gasteiger partial charge in [-0.1, -0.05) is 43.8 Å². The number of likely N-dealkylation sites (tertiary alicyclic amines) is 1. The molecule has 0 aliphatic carbocycles. The van der Waals surface area contributed by atoms with Gasteiger partial charge in [0.15, 0.2) is 5.78 Å². The second kappa shape index (κ2) is 12.6. The number of para-hydroxylation sites is 1. The predicted octanol–water partition coefficient (Wildman–Crippen LogP) is 2.05. The Morgan fingerprint density at radius 2 is 1.91 bits per heavy atom. The number of nitrogens with one attached hydrogen (secondary N) is 4. The van der Waals surface area contributed by atoms with Crippen LogP contribution >= 0.6 is 11.8 Å². The Morgan fingerprint density at radius 3 is 2.57 bits per heavy atom. The molecule has 0 spiro atoms. The summed E-state index contributed by atoms with van der Waals surface area (Å²) in [7, 11) is 0. The van der Waals surface area contributed by atoms with Crippen LogP contribution in [0.25, 0.3) is 10.9 Å². The SMILES string of the molecule is CC(C)SC(=O)[C@H](CCC(=O)C=N)NC(=O)[C@H](Cc1c[nH]c2ccccc12)NCC(=O)N1CCC1. The van der Waals surface area contributed by atoms with Crippen molar-refractivity contribution in [3.05, 3.63) is 36.0 Å². The Morgan fingerprint density at radius 1 is 1.17 bits per heavy atom. The molecule has 3 rings (SSSR count). The van der Waals surface area contributed by atoms with Crippen molar-refractivity contribution in [3.8, 4) is 0 Å². The molecular weight excluding hydrogens is 466 g/mol. The number of hydrogen-bond acceptors (Lipinski definition) is 7. The van der Waals surface area contributed by atoms with Gasteiger partial charge >= 0.3 is 0 Å². The van der Waals surface area contributed by atoms with E-state index < -0.39 is 23.8 Å². The molecule has 2 atom stereocenters. The number of ketones is 1. The van der Waals surface area contributed by atoms with Crippen LogP contribution < -0.4 is 10.6 Å². The van der Waals surface area contributed by atoms with Gasteiger partial charge in [-0.3, -0.25) is 24.5 Å². The first-order chi connectivity index (χ1) is 16.8. The van der Waals surface area contributed by atoms with E-state index in [0.717, 1.165) is 54.0 Å². The fourth-order valence-electron chi connectivity index (χ4n) is 3.86. The van der Waals surface area contributed by atoms with Crippen LogP contribution in [-0.4, -0.2) is 75.8 Å². The monoisotopic (exact) mass is 499 g/mol. The minimum Gasteiger partial charge on any atom is -0.361 e. The Kier molecular flexibility index (Phi) is 9.62. The van der Waals surface area contributed by atoms with Crippen molar-refractivity contribution in [1.29, 1.82) is 5.41 Å². The van der Waals surface area contributed by atoms with E-state index in [4.69, 9.17) is 5.41 Å². The highest BCUT2D eigenvalue weighted by molar-refractivity contribution is 8.14. The van der Waals surface area contributed by atoms with Gasteiger partial charge in [-0.15, -0.1) is 0 Å². The van der Waals surface area contributed by atoms with Gasteiger partial charge in [0.25, 0.3) is 0 Å². The van der Waals surface area contributed by atoms with Crippen molar-refractivity contribution in [2.24, 2.45) is 0 Å². The van der Waals surface area contributed by atoms with Crippen molar-refractivity contribution in [1.82, 2.24) is 20.5 Å². The molecule has 188 valence electrons. The van der Waals surface area contributed by atoms with Crippen molar-refractivity contribution in [2.45, 2.75) is 56.9 Å². The summed E-state index contributed by atoms with van der Waals surface area (Å²) >= 11 is 1.11. The first-order valence-corrected chi connectivity index (χ1v) is 12.8. The molecule has 0 bridgehead atoms. The summed E-state index contributed by atoms with van der Waals surface area (Å²) in [6.45, 7) is 5.24. The summed E-state index contributed by atoms with van der Waals surface area (Å²) in [6, 6.07) is 6.15. The van der Waals surface area contributed by atoms with Crippen molar-refractivity contribution in [3.63, 3.8) is 0 Å². The van der Waals surface area contributed by atoms with Gasteiger partial charge in [-0.2, -0.15) is 0 Å². The normalized spacial score (nSPS) is 14.9. The van der Waals surface area contributed by atoms with Gasteiger partial charge in [0.2, 0.25) is 16.9 Å². The second-order valence-electron chi connectivity index (χ2n) is 8.93. The third kappa shape index (κ3) is 7.50. The maximum Gasteiger partial charge on any atom is 0.238 e. The number of carbonyl (C=O) groups is 4. The van der Waals surface area contributed by atoms with E-state index in [2.05, 4.69) is 15.6 Å². The molecule has 2 aromatic rings. The van der Waals surface area contributed by atoms with Crippen molar-refractivity contribution in [2.75, 3.05) is 19.6 Å². The minimum atomic E-state index is -0.864. The highest BCUT2D eigenvalue weighted by atomic mass is 32.2. The van der Waals surface area contributed by atoms with Crippen LogP contribution in [0.15, 0.2) is 30.5 Å². The number of hydrogen-bond donors (Lipinski definition) is 4. The van der Waals surface area contributed by atoms with Gasteiger partial charge < -0.3 is 20.6 Å². The lowest BCUT2D eigenvalue weighted by atomic mass is 10.0. The summed E-state index contributed by atoms with van der Waals surface area (Å²) in [5.41, 5.74) is 1.87. The van der Waals surface area contributed by atoms with Crippen LogP contribution in [0.1, 0.15) is 38.7 Å². The molecule has 1 aliphatic heterocycles. The third-order valence-corrected chi connectivity index (χ3v) is 6.91. The smallest absolute Gasteiger partial charge is 0.238 e. The van der Waals surface area contributed by atoms with Crippen molar-refractivity contribution >= 4 is 51.6 Å². The quantitative estimate of drug-likeness (QED) is 0.312. The zero-order valence-electron chi connectivity index (χ0n) is 20.1. The number of nitrogens with zero attached hydrogens (tertiary/aromatic N) is 1. The average Bonchev–Trinajstić information content (AvgIpc) is 3.20. The maximum atomic E-state index is 13.4. The molecule has 9 nitrogen and oxygen atoms in total. The third-order valence-electron chi connectivity index (χ3n) is 5.92. The number of fused-ring (bicyclic) bond motifs is 1. The van der Waals surface area contributed by atoms with Crippen LogP contribution in [0.3, 0.4) is 0 Å². The number of rotatable bonds is 13. The molecule has 1 aromatic heterocycles. The molecule has 1 aliphatic rings. The molecule has 1 fully saturated rings. The first kappa shape index (κ1) is 26.6. The molecule has 2 amide bonds. The number of Topliss-reactive ketones (excluding diaryl/α,β-unsaturated/α-hetero) is 1. The van der Waals surface area contributed by atoms with Gasteiger partial charge in [-0.25, -0.2) is 0 Å². The van der Waals surface area contributed by atoms with Crippen LogP contribution in [0.4, 0.5) is 0 Å². The molecule has 0 radical (unpaired) electrons. The fourth-order valence-corrected chi connectivity index (χ4v) is 4.67. The van der Waals surface area contributed by atoms with Crippen LogP contribution in [0.5, 0.6) is 0 Å². The number of H-pyrrole nitrogens is 1. The van der Waals surface area contributed by atoms with E-state index in [1.54, 1.807) is 4.90 Å². The van der Waals surface area contributed by atoms with Crippen LogP contribution in [0, 0.1) is 5.41 Å². The summed E-state index contributed by atoms with van der Waals surface area (Å²) in [5, 5.41) is 13.8. The van der Waals surface area contributed by atoms with Gasteiger partial charge in [0.1, 0.15) is 0 Å². The lowest BCUT2D eigenvalue weighted by molar-refractivity contribution is -0.134. The van der Waals surface area contributed by atoms with E-state index in [0.29, 0.717) is 6.42 Å². The second-order valence-corrected chi connectivity index (χ2v) is 10.5. The van der Waals surface area contributed by atoms with Crippen LogP contribution in [-0.2, 0) is 25.6 Å². The van der Waals surface area contributed by atoms with E-state index in [1.807, 2.05) is 44.3 Å². The molecule has 4 N–H and O–H groups in total. The van der Waals surface area contributed by atoms with Gasteiger partial charge in [0, 0.05) is 41.9 Å². The van der Waals surface area contributed by atoms with E-state index in [-0.39, 0.29) is 35.7 Å². The lowest BCUT2D eigenvalue weighted by Crippen LogP contribution is -2.54. The Labute approximate surface area is 209 Å². The Bertz CT molecular complexity index is 1080. The minimum absolute atomic E-state index is 0.00711.